The standard InChI is InChI=1S/C11H14BrFN4/c1-16(2)3-4-17-10-6-8(13)7(12)5-9(10)15-11(17)14/h5-6H,3-4H2,1-2H3,(H2,14,15). The molecule has 1 heterocycles. The largest absolute Gasteiger partial charge is 0.369 e. The Kier molecular flexibility index (Phi) is 3.35. The second-order valence-electron chi connectivity index (χ2n) is 4.18. The number of hydrogen-bond acceptors (Lipinski definition) is 3. The molecule has 2 aromatic rings. The van der Waals surface area contributed by atoms with Gasteiger partial charge in [-0.2, -0.15) is 0 Å². The number of fused-ring (bicyclic) bond motifs is 1. The summed E-state index contributed by atoms with van der Waals surface area (Å²) in [7, 11) is 3.96. The fraction of sp³-hybridized carbons (Fsp3) is 0.364. The van der Waals surface area contributed by atoms with E-state index in [9.17, 15) is 4.39 Å². The van der Waals surface area contributed by atoms with Gasteiger partial charge < -0.3 is 15.2 Å². The number of nitrogens with zero attached hydrogens (tertiary/aromatic N) is 3. The summed E-state index contributed by atoms with van der Waals surface area (Å²) in [5.41, 5.74) is 7.27. The summed E-state index contributed by atoms with van der Waals surface area (Å²) in [6.45, 7) is 1.52. The number of hydrogen-bond donors (Lipinski definition) is 1. The molecule has 0 aliphatic carbocycles. The number of anilines is 1. The number of halogens is 2. The molecule has 0 saturated heterocycles. The molecule has 0 aliphatic rings. The molecular formula is C11H14BrFN4. The van der Waals surface area contributed by atoms with Gasteiger partial charge in [-0.05, 0) is 36.1 Å². The molecule has 6 heteroatoms. The average molecular weight is 301 g/mol. The molecule has 0 fully saturated rings. The van der Waals surface area contributed by atoms with E-state index in [0.29, 0.717) is 22.5 Å². The van der Waals surface area contributed by atoms with Crippen molar-refractivity contribution in [3.63, 3.8) is 0 Å². The van der Waals surface area contributed by atoms with Crippen molar-refractivity contribution < 1.29 is 4.39 Å². The first-order valence-electron chi connectivity index (χ1n) is 5.24. The highest BCUT2D eigenvalue weighted by molar-refractivity contribution is 9.10. The summed E-state index contributed by atoms with van der Waals surface area (Å²) < 4.78 is 15.7. The Morgan fingerprint density at radius 2 is 2.18 bits per heavy atom. The SMILES string of the molecule is CN(C)CCn1c(N)nc2cc(Br)c(F)cc21. The lowest BCUT2D eigenvalue weighted by atomic mass is 10.3. The van der Waals surface area contributed by atoms with Crippen LogP contribution in [0.25, 0.3) is 11.0 Å². The highest BCUT2D eigenvalue weighted by atomic mass is 79.9. The van der Waals surface area contributed by atoms with Crippen molar-refractivity contribution >= 4 is 32.9 Å². The molecule has 0 spiro atoms. The molecule has 4 nitrogen and oxygen atoms in total. The van der Waals surface area contributed by atoms with Gasteiger partial charge in [0.1, 0.15) is 5.82 Å². The maximum absolute atomic E-state index is 13.5. The third kappa shape index (κ3) is 2.42. The van der Waals surface area contributed by atoms with Crippen LogP contribution in [-0.4, -0.2) is 35.1 Å². The van der Waals surface area contributed by atoms with Gasteiger partial charge in [0.05, 0.1) is 15.5 Å². The fourth-order valence-electron chi connectivity index (χ4n) is 1.67. The zero-order valence-electron chi connectivity index (χ0n) is 9.74. The van der Waals surface area contributed by atoms with E-state index in [0.717, 1.165) is 12.1 Å². The van der Waals surface area contributed by atoms with Crippen molar-refractivity contribution in [2.24, 2.45) is 0 Å². The molecule has 17 heavy (non-hydrogen) atoms. The predicted octanol–water partition coefficient (Wildman–Crippen LogP) is 2.08. The Morgan fingerprint density at radius 1 is 1.47 bits per heavy atom. The van der Waals surface area contributed by atoms with Gasteiger partial charge in [0, 0.05) is 19.2 Å². The van der Waals surface area contributed by atoms with Crippen molar-refractivity contribution in [3.05, 3.63) is 22.4 Å². The van der Waals surface area contributed by atoms with Gasteiger partial charge in [-0.15, -0.1) is 0 Å². The number of likely N-dealkylation sites (N-methyl/N-ethyl adjacent to an activating group) is 1. The van der Waals surface area contributed by atoms with Crippen LogP contribution in [-0.2, 0) is 6.54 Å². The molecule has 0 saturated carbocycles. The van der Waals surface area contributed by atoms with Crippen LogP contribution in [0.1, 0.15) is 0 Å². The van der Waals surface area contributed by atoms with Crippen LogP contribution >= 0.6 is 15.9 Å². The van der Waals surface area contributed by atoms with E-state index in [4.69, 9.17) is 5.73 Å². The zero-order chi connectivity index (χ0) is 12.6. The van der Waals surface area contributed by atoms with Crippen LogP contribution in [0.4, 0.5) is 10.3 Å². The van der Waals surface area contributed by atoms with Gasteiger partial charge in [0.25, 0.3) is 0 Å². The van der Waals surface area contributed by atoms with E-state index in [1.165, 1.54) is 6.07 Å². The summed E-state index contributed by atoms with van der Waals surface area (Å²) in [6.07, 6.45) is 0. The van der Waals surface area contributed by atoms with E-state index in [1.54, 1.807) is 6.07 Å². The van der Waals surface area contributed by atoms with Crippen molar-refractivity contribution in [2.45, 2.75) is 6.54 Å². The Balaban J connectivity index is 2.47. The molecule has 1 aromatic heterocycles. The summed E-state index contributed by atoms with van der Waals surface area (Å²) in [6, 6.07) is 3.10. The molecule has 2 rings (SSSR count). The summed E-state index contributed by atoms with van der Waals surface area (Å²) in [5, 5.41) is 0. The molecular weight excluding hydrogens is 287 g/mol. The van der Waals surface area contributed by atoms with Gasteiger partial charge in [-0.25, -0.2) is 9.37 Å². The number of rotatable bonds is 3. The monoisotopic (exact) mass is 300 g/mol. The second-order valence-corrected chi connectivity index (χ2v) is 5.03. The Hall–Kier alpha value is -1.14. The van der Waals surface area contributed by atoms with Crippen LogP contribution < -0.4 is 5.73 Å². The Morgan fingerprint density at radius 3 is 2.82 bits per heavy atom. The highest BCUT2D eigenvalue weighted by Crippen LogP contribution is 2.24. The lowest BCUT2D eigenvalue weighted by molar-refractivity contribution is 0.387. The van der Waals surface area contributed by atoms with E-state index >= 15 is 0 Å². The fourth-order valence-corrected chi connectivity index (χ4v) is 2.01. The summed E-state index contributed by atoms with van der Waals surface area (Å²) >= 11 is 3.14. The molecule has 92 valence electrons. The minimum Gasteiger partial charge on any atom is -0.369 e. The highest BCUT2D eigenvalue weighted by Gasteiger charge is 2.11. The van der Waals surface area contributed by atoms with Crippen molar-refractivity contribution in [2.75, 3.05) is 26.4 Å². The molecule has 0 atom stereocenters. The summed E-state index contributed by atoms with van der Waals surface area (Å²) in [5.74, 6) is 0.114. The molecule has 0 bridgehead atoms. The van der Waals surface area contributed by atoms with E-state index in [2.05, 4.69) is 20.9 Å². The third-order valence-corrected chi connectivity index (χ3v) is 3.20. The molecule has 1 aromatic carbocycles. The van der Waals surface area contributed by atoms with Crippen molar-refractivity contribution in [1.29, 1.82) is 0 Å². The molecule has 0 amide bonds. The number of aromatic nitrogens is 2. The molecule has 0 aliphatic heterocycles. The minimum atomic E-state index is -0.302. The van der Waals surface area contributed by atoms with Crippen LogP contribution in [0.15, 0.2) is 16.6 Å². The lowest BCUT2D eigenvalue weighted by Crippen LogP contribution is -2.19. The molecule has 0 unspecified atom stereocenters. The van der Waals surface area contributed by atoms with Crippen LogP contribution in [0.2, 0.25) is 0 Å². The van der Waals surface area contributed by atoms with Gasteiger partial charge in [0.2, 0.25) is 5.95 Å². The van der Waals surface area contributed by atoms with Gasteiger partial charge >= 0.3 is 0 Å². The van der Waals surface area contributed by atoms with Crippen LogP contribution in [0, 0.1) is 5.82 Å². The van der Waals surface area contributed by atoms with Crippen LogP contribution in [0.3, 0.4) is 0 Å². The van der Waals surface area contributed by atoms with Crippen molar-refractivity contribution in [1.82, 2.24) is 14.5 Å². The second kappa shape index (κ2) is 4.62. The molecule has 2 N–H and O–H groups in total. The quantitative estimate of drug-likeness (QED) is 0.944. The maximum Gasteiger partial charge on any atom is 0.201 e. The first kappa shape index (κ1) is 12.3. The number of imidazole rings is 1. The van der Waals surface area contributed by atoms with E-state index < -0.39 is 0 Å². The Labute approximate surface area is 107 Å². The Bertz CT molecular complexity index is 550. The predicted molar refractivity (Wildman–Crippen MR) is 70.4 cm³/mol. The number of benzene rings is 1. The third-order valence-electron chi connectivity index (χ3n) is 2.59. The van der Waals surface area contributed by atoms with E-state index in [1.807, 2.05) is 23.6 Å². The van der Waals surface area contributed by atoms with Gasteiger partial charge in [0.15, 0.2) is 0 Å². The normalized spacial score (nSPS) is 11.6. The first-order chi connectivity index (χ1) is 7.99. The first-order valence-corrected chi connectivity index (χ1v) is 6.04. The topological polar surface area (TPSA) is 47.1 Å². The van der Waals surface area contributed by atoms with E-state index in [-0.39, 0.29) is 5.82 Å². The average Bonchev–Trinajstić information content (AvgIpc) is 2.52. The molecule has 0 radical (unpaired) electrons. The number of nitrogen functional groups attached to an aromatic ring is 1. The van der Waals surface area contributed by atoms with Gasteiger partial charge in [-0.1, -0.05) is 0 Å². The van der Waals surface area contributed by atoms with Crippen LogP contribution in [0.5, 0.6) is 0 Å². The number of nitrogens with two attached hydrogens (primary N) is 1. The smallest absolute Gasteiger partial charge is 0.201 e. The minimum absolute atomic E-state index is 0.302. The zero-order valence-corrected chi connectivity index (χ0v) is 11.3. The maximum atomic E-state index is 13.5. The van der Waals surface area contributed by atoms with Crippen molar-refractivity contribution in [3.8, 4) is 0 Å². The summed E-state index contributed by atoms with van der Waals surface area (Å²) in [4.78, 5) is 6.26. The van der Waals surface area contributed by atoms with Gasteiger partial charge in [-0.3, -0.25) is 0 Å². The lowest BCUT2D eigenvalue weighted by Gasteiger charge is -2.11.